The number of aromatic nitrogens is 1. The van der Waals surface area contributed by atoms with Crippen LogP contribution in [0, 0.1) is 0 Å². The van der Waals surface area contributed by atoms with Crippen molar-refractivity contribution in [2.75, 3.05) is 31.7 Å². The molecule has 0 aliphatic rings. The van der Waals surface area contributed by atoms with Gasteiger partial charge >= 0.3 is 0 Å². The largest absolute Gasteiger partial charge is 0.393 e. The van der Waals surface area contributed by atoms with Crippen molar-refractivity contribution in [2.45, 2.75) is 32.6 Å². The lowest BCUT2D eigenvalue weighted by Crippen LogP contribution is -2.31. The quantitative estimate of drug-likeness (QED) is 0.783. The Labute approximate surface area is 127 Å². The molecular weight excluding hydrogens is 270 g/mol. The molecule has 112 valence electrons. The number of hydrogen-bond acceptors (Lipinski definition) is 4. The van der Waals surface area contributed by atoms with E-state index in [4.69, 9.17) is 22.7 Å². The summed E-state index contributed by atoms with van der Waals surface area (Å²) in [6, 6.07) is 4.18. The first-order valence-electron chi connectivity index (χ1n) is 6.83. The van der Waals surface area contributed by atoms with Crippen molar-refractivity contribution >= 4 is 23.0 Å². The fourth-order valence-electron chi connectivity index (χ4n) is 1.80. The van der Waals surface area contributed by atoms with Crippen LogP contribution in [0.2, 0.25) is 0 Å². The van der Waals surface area contributed by atoms with Gasteiger partial charge in [-0.15, -0.1) is 0 Å². The van der Waals surface area contributed by atoms with Crippen molar-refractivity contribution in [1.82, 2.24) is 4.98 Å². The lowest BCUT2D eigenvalue weighted by atomic mass is 9.88. The molecule has 5 heteroatoms. The molecule has 0 amide bonds. The maximum atomic E-state index is 5.58. The van der Waals surface area contributed by atoms with Gasteiger partial charge in [0.15, 0.2) is 0 Å². The molecule has 0 aliphatic heterocycles. The SMILES string of the molecule is COCCN(CCC(N)=S)c1ccc(C(C)(C)C)cn1. The van der Waals surface area contributed by atoms with Crippen LogP contribution in [0.3, 0.4) is 0 Å². The monoisotopic (exact) mass is 295 g/mol. The van der Waals surface area contributed by atoms with E-state index in [0.717, 1.165) is 18.9 Å². The van der Waals surface area contributed by atoms with Crippen LogP contribution < -0.4 is 10.6 Å². The highest BCUT2D eigenvalue weighted by atomic mass is 32.1. The van der Waals surface area contributed by atoms with Crippen LogP contribution in [0.5, 0.6) is 0 Å². The van der Waals surface area contributed by atoms with Gasteiger partial charge in [0.1, 0.15) is 5.82 Å². The van der Waals surface area contributed by atoms with Gasteiger partial charge in [0.2, 0.25) is 0 Å². The molecule has 4 nitrogen and oxygen atoms in total. The summed E-state index contributed by atoms with van der Waals surface area (Å²) in [7, 11) is 1.70. The van der Waals surface area contributed by atoms with Gasteiger partial charge in [0.05, 0.1) is 11.6 Å². The van der Waals surface area contributed by atoms with Crippen molar-refractivity contribution in [3.05, 3.63) is 23.9 Å². The van der Waals surface area contributed by atoms with Crippen LogP contribution in [-0.2, 0) is 10.2 Å². The average Bonchev–Trinajstić information content (AvgIpc) is 2.38. The minimum Gasteiger partial charge on any atom is -0.393 e. The summed E-state index contributed by atoms with van der Waals surface area (Å²) in [4.78, 5) is 7.24. The van der Waals surface area contributed by atoms with Crippen molar-refractivity contribution in [2.24, 2.45) is 5.73 Å². The maximum Gasteiger partial charge on any atom is 0.128 e. The fourth-order valence-corrected chi connectivity index (χ4v) is 1.90. The minimum atomic E-state index is 0.113. The summed E-state index contributed by atoms with van der Waals surface area (Å²) >= 11 is 4.95. The highest BCUT2D eigenvalue weighted by Gasteiger charge is 2.15. The Balaban J connectivity index is 2.81. The number of ether oxygens (including phenoxy) is 1. The number of thiocarbonyl (C=S) groups is 1. The number of nitrogens with zero attached hydrogens (tertiary/aromatic N) is 2. The first-order chi connectivity index (χ1) is 9.34. The standard InChI is InChI=1S/C15H25N3OS/c1-15(2,3)12-5-6-14(17-11-12)18(9-10-19-4)8-7-13(16)20/h5-6,11H,7-10H2,1-4H3,(H2,16,20). The molecule has 1 aromatic rings. The number of rotatable bonds is 7. The van der Waals surface area contributed by atoms with E-state index in [1.807, 2.05) is 6.20 Å². The molecule has 1 rings (SSSR count). The Kier molecular flexibility index (Phi) is 6.36. The predicted octanol–water partition coefficient (Wildman–Crippen LogP) is 2.51. The lowest BCUT2D eigenvalue weighted by Gasteiger charge is -2.25. The van der Waals surface area contributed by atoms with Crippen LogP contribution in [0.4, 0.5) is 5.82 Å². The van der Waals surface area contributed by atoms with Crippen LogP contribution in [0.15, 0.2) is 18.3 Å². The maximum absolute atomic E-state index is 5.58. The van der Waals surface area contributed by atoms with Crippen LogP contribution in [0.1, 0.15) is 32.8 Å². The zero-order valence-electron chi connectivity index (χ0n) is 12.8. The van der Waals surface area contributed by atoms with E-state index in [0.29, 0.717) is 18.0 Å². The Morgan fingerprint density at radius 3 is 2.50 bits per heavy atom. The predicted molar refractivity (Wildman–Crippen MR) is 88.4 cm³/mol. The van der Waals surface area contributed by atoms with Gasteiger partial charge in [-0.1, -0.05) is 39.1 Å². The second kappa shape index (κ2) is 7.55. The highest BCUT2D eigenvalue weighted by Crippen LogP contribution is 2.23. The molecule has 0 bridgehead atoms. The molecule has 0 saturated carbocycles. The third-order valence-electron chi connectivity index (χ3n) is 3.13. The van der Waals surface area contributed by atoms with E-state index >= 15 is 0 Å². The third-order valence-corrected chi connectivity index (χ3v) is 3.34. The topological polar surface area (TPSA) is 51.4 Å². The van der Waals surface area contributed by atoms with E-state index in [1.54, 1.807) is 7.11 Å². The number of anilines is 1. The smallest absolute Gasteiger partial charge is 0.128 e. The minimum absolute atomic E-state index is 0.113. The van der Waals surface area contributed by atoms with Gasteiger partial charge in [-0.3, -0.25) is 0 Å². The van der Waals surface area contributed by atoms with Gasteiger partial charge in [-0.2, -0.15) is 0 Å². The number of hydrogen-bond donors (Lipinski definition) is 1. The van der Waals surface area contributed by atoms with Gasteiger partial charge in [-0.05, 0) is 17.0 Å². The molecule has 20 heavy (non-hydrogen) atoms. The van der Waals surface area contributed by atoms with Gasteiger partial charge in [0.25, 0.3) is 0 Å². The highest BCUT2D eigenvalue weighted by molar-refractivity contribution is 7.80. The lowest BCUT2D eigenvalue weighted by molar-refractivity contribution is 0.205. The molecule has 0 radical (unpaired) electrons. The summed E-state index contributed by atoms with van der Waals surface area (Å²) in [5.74, 6) is 0.936. The molecule has 0 fully saturated rings. The molecule has 0 unspecified atom stereocenters. The molecule has 0 spiro atoms. The second-order valence-electron chi connectivity index (χ2n) is 5.85. The molecule has 0 aliphatic carbocycles. The van der Waals surface area contributed by atoms with E-state index < -0.39 is 0 Å². The average molecular weight is 295 g/mol. The van der Waals surface area contributed by atoms with Crippen molar-refractivity contribution in [3.63, 3.8) is 0 Å². The summed E-state index contributed by atoms with van der Waals surface area (Å²) in [5, 5.41) is 0. The van der Waals surface area contributed by atoms with Gasteiger partial charge in [-0.25, -0.2) is 4.98 Å². The zero-order chi connectivity index (χ0) is 15.2. The molecule has 0 atom stereocenters. The Bertz CT molecular complexity index is 426. The Hall–Kier alpha value is -1.20. The normalized spacial score (nSPS) is 11.4. The molecular formula is C15H25N3OS. The Morgan fingerprint density at radius 1 is 1.35 bits per heavy atom. The summed E-state index contributed by atoms with van der Waals surface area (Å²) in [6.45, 7) is 8.74. The second-order valence-corrected chi connectivity index (χ2v) is 6.38. The van der Waals surface area contributed by atoms with E-state index in [9.17, 15) is 0 Å². The summed E-state index contributed by atoms with van der Waals surface area (Å²) in [6.07, 6.45) is 2.62. The third kappa shape index (κ3) is 5.43. The van der Waals surface area contributed by atoms with E-state index in [-0.39, 0.29) is 5.41 Å². The molecule has 1 heterocycles. The van der Waals surface area contributed by atoms with E-state index in [2.05, 4.69) is 42.8 Å². The van der Waals surface area contributed by atoms with Gasteiger partial charge in [0, 0.05) is 32.8 Å². The molecule has 1 aromatic heterocycles. The first-order valence-corrected chi connectivity index (χ1v) is 7.24. The van der Waals surface area contributed by atoms with Crippen LogP contribution >= 0.6 is 12.2 Å². The molecule has 0 aromatic carbocycles. The van der Waals surface area contributed by atoms with Crippen molar-refractivity contribution < 1.29 is 4.74 Å². The fraction of sp³-hybridized carbons (Fsp3) is 0.600. The first kappa shape index (κ1) is 16.9. The van der Waals surface area contributed by atoms with E-state index in [1.165, 1.54) is 5.56 Å². The summed E-state index contributed by atoms with van der Waals surface area (Å²) in [5.41, 5.74) is 6.92. The number of methoxy groups -OCH3 is 1. The number of nitrogens with two attached hydrogens (primary N) is 1. The Morgan fingerprint density at radius 2 is 2.05 bits per heavy atom. The summed E-state index contributed by atoms with van der Waals surface area (Å²) < 4.78 is 5.15. The van der Waals surface area contributed by atoms with Crippen LogP contribution in [0.25, 0.3) is 0 Å². The molecule has 2 N–H and O–H groups in total. The van der Waals surface area contributed by atoms with Crippen molar-refractivity contribution in [3.8, 4) is 0 Å². The molecule has 0 saturated heterocycles. The van der Waals surface area contributed by atoms with Gasteiger partial charge < -0.3 is 15.4 Å². The van der Waals surface area contributed by atoms with Crippen LogP contribution in [-0.4, -0.2) is 36.8 Å². The zero-order valence-corrected chi connectivity index (χ0v) is 13.7. The van der Waals surface area contributed by atoms with Crippen molar-refractivity contribution in [1.29, 1.82) is 0 Å². The number of pyridine rings is 1.